The molecule has 1 unspecified atom stereocenters. The second-order valence-corrected chi connectivity index (χ2v) is 5.86. The van der Waals surface area contributed by atoms with Crippen molar-refractivity contribution in [1.29, 1.82) is 5.41 Å². The van der Waals surface area contributed by atoms with Gasteiger partial charge in [0.15, 0.2) is 0 Å². The molecule has 0 amide bonds. The van der Waals surface area contributed by atoms with Gasteiger partial charge in [0.2, 0.25) is 10.0 Å². The smallest absolute Gasteiger partial charge is 0.388 e. The summed E-state index contributed by atoms with van der Waals surface area (Å²) >= 11 is 0. The minimum atomic E-state index is -4.35. The molecule has 0 heterocycles. The minimum absolute atomic E-state index is 0.0506. The third kappa shape index (κ3) is 9.23. The van der Waals surface area contributed by atoms with Crippen LogP contribution in [0.1, 0.15) is 32.6 Å². The predicted molar refractivity (Wildman–Crippen MR) is 62.8 cm³/mol. The summed E-state index contributed by atoms with van der Waals surface area (Å²) in [6.45, 7) is 1.70. The zero-order valence-corrected chi connectivity index (χ0v) is 10.9. The molecule has 5 nitrogen and oxygen atoms in total. The van der Waals surface area contributed by atoms with Crippen LogP contribution in [-0.4, -0.2) is 32.2 Å². The summed E-state index contributed by atoms with van der Waals surface area (Å²) in [5.74, 6) is -0.749. The van der Waals surface area contributed by atoms with Crippen LogP contribution in [0.3, 0.4) is 0 Å². The number of hydrogen-bond donors (Lipinski definition) is 3. The van der Waals surface area contributed by atoms with Crippen molar-refractivity contribution in [3.63, 3.8) is 0 Å². The first kappa shape index (κ1) is 17.2. The Morgan fingerprint density at radius 3 is 2.39 bits per heavy atom. The highest BCUT2D eigenvalue weighted by atomic mass is 32.2. The largest absolute Gasteiger partial charge is 0.389 e. The lowest BCUT2D eigenvalue weighted by Crippen LogP contribution is -2.38. The minimum Gasteiger partial charge on any atom is -0.388 e. The molecule has 0 aliphatic carbocycles. The Labute approximate surface area is 104 Å². The zero-order chi connectivity index (χ0) is 14.4. The van der Waals surface area contributed by atoms with Crippen LogP contribution in [0.5, 0.6) is 0 Å². The van der Waals surface area contributed by atoms with Gasteiger partial charge in [0.1, 0.15) is 0 Å². The standard InChI is InChI=1S/C9H18F3N3O2S/c1-2-7(6-8(13)14)15-18(16,17)5-3-4-9(10,11)12/h7,15H,2-6H2,1H3,(H3,13,14). The Morgan fingerprint density at radius 2 is 2.00 bits per heavy atom. The van der Waals surface area contributed by atoms with Crippen molar-refractivity contribution in [2.75, 3.05) is 5.75 Å². The van der Waals surface area contributed by atoms with E-state index in [9.17, 15) is 21.6 Å². The summed E-state index contributed by atoms with van der Waals surface area (Å²) in [7, 11) is -3.76. The van der Waals surface area contributed by atoms with Gasteiger partial charge in [-0.3, -0.25) is 5.41 Å². The number of hydrogen-bond acceptors (Lipinski definition) is 3. The van der Waals surface area contributed by atoms with Crippen molar-refractivity contribution in [3.8, 4) is 0 Å². The Balaban J connectivity index is 4.25. The van der Waals surface area contributed by atoms with Crippen molar-refractivity contribution < 1.29 is 21.6 Å². The number of nitrogens with two attached hydrogens (primary N) is 1. The average molecular weight is 289 g/mol. The van der Waals surface area contributed by atoms with Crippen molar-refractivity contribution in [1.82, 2.24) is 4.72 Å². The molecule has 0 spiro atoms. The van der Waals surface area contributed by atoms with Gasteiger partial charge in [0.05, 0.1) is 11.6 Å². The van der Waals surface area contributed by atoms with Crippen LogP contribution < -0.4 is 10.5 Å². The molecular formula is C9H18F3N3O2S. The number of amidine groups is 1. The number of rotatable bonds is 8. The molecule has 0 rings (SSSR count). The van der Waals surface area contributed by atoms with Crippen LogP contribution in [-0.2, 0) is 10.0 Å². The van der Waals surface area contributed by atoms with E-state index in [2.05, 4.69) is 4.72 Å². The van der Waals surface area contributed by atoms with E-state index in [0.29, 0.717) is 6.42 Å². The van der Waals surface area contributed by atoms with Gasteiger partial charge in [0.25, 0.3) is 0 Å². The Hall–Kier alpha value is -0.830. The van der Waals surface area contributed by atoms with Gasteiger partial charge in [-0.2, -0.15) is 13.2 Å². The van der Waals surface area contributed by atoms with Gasteiger partial charge in [-0.25, -0.2) is 13.1 Å². The molecule has 0 radical (unpaired) electrons. The van der Waals surface area contributed by atoms with Gasteiger partial charge < -0.3 is 5.73 Å². The monoisotopic (exact) mass is 289 g/mol. The van der Waals surface area contributed by atoms with E-state index in [1.807, 2.05) is 0 Å². The average Bonchev–Trinajstić information content (AvgIpc) is 2.12. The van der Waals surface area contributed by atoms with Crippen LogP contribution >= 0.6 is 0 Å². The highest BCUT2D eigenvalue weighted by molar-refractivity contribution is 7.89. The van der Waals surface area contributed by atoms with Crippen LogP contribution in [0.25, 0.3) is 0 Å². The topological polar surface area (TPSA) is 96.0 Å². The van der Waals surface area contributed by atoms with E-state index < -0.39 is 40.8 Å². The fourth-order valence-corrected chi connectivity index (χ4v) is 2.71. The zero-order valence-electron chi connectivity index (χ0n) is 10.0. The summed E-state index contributed by atoms with van der Waals surface area (Å²) in [5, 5.41) is 7.05. The van der Waals surface area contributed by atoms with E-state index in [0.717, 1.165) is 0 Å². The molecule has 0 saturated carbocycles. The highest BCUT2D eigenvalue weighted by Gasteiger charge is 2.27. The molecule has 4 N–H and O–H groups in total. The van der Waals surface area contributed by atoms with Crippen molar-refractivity contribution >= 4 is 15.9 Å². The summed E-state index contributed by atoms with van der Waals surface area (Å²) in [4.78, 5) is 0. The molecule has 0 fully saturated rings. The maximum atomic E-state index is 11.9. The fourth-order valence-electron chi connectivity index (χ4n) is 1.31. The van der Waals surface area contributed by atoms with Crippen molar-refractivity contribution in [2.45, 2.75) is 44.8 Å². The van der Waals surface area contributed by atoms with E-state index in [4.69, 9.17) is 11.1 Å². The number of nitrogens with one attached hydrogen (secondary N) is 2. The molecule has 0 bridgehead atoms. The molecule has 0 saturated heterocycles. The molecule has 0 aliphatic heterocycles. The van der Waals surface area contributed by atoms with Crippen LogP contribution in [0, 0.1) is 5.41 Å². The second kappa shape index (κ2) is 6.93. The Morgan fingerprint density at radius 1 is 1.44 bits per heavy atom. The Kier molecular flexibility index (Phi) is 6.61. The van der Waals surface area contributed by atoms with Crippen LogP contribution in [0.15, 0.2) is 0 Å². The van der Waals surface area contributed by atoms with E-state index >= 15 is 0 Å². The number of alkyl halides is 3. The van der Waals surface area contributed by atoms with E-state index in [1.54, 1.807) is 6.92 Å². The predicted octanol–water partition coefficient (Wildman–Crippen LogP) is 1.35. The SMILES string of the molecule is CCC(CC(=N)N)NS(=O)(=O)CCCC(F)(F)F. The van der Waals surface area contributed by atoms with Gasteiger partial charge in [-0.15, -0.1) is 0 Å². The summed E-state index contributed by atoms with van der Waals surface area (Å²) in [5.41, 5.74) is 5.14. The molecular weight excluding hydrogens is 271 g/mol. The summed E-state index contributed by atoms with van der Waals surface area (Å²) < 4.78 is 60.8. The maximum absolute atomic E-state index is 11.9. The first-order valence-corrected chi connectivity index (χ1v) is 7.10. The third-order valence-electron chi connectivity index (χ3n) is 2.18. The quantitative estimate of drug-likeness (QED) is 0.465. The first-order chi connectivity index (χ1) is 8.06. The van der Waals surface area contributed by atoms with E-state index in [-0.39, 0.29) is 12.3 Å². The number of sulfonamides is 1. The van der Waals surface area contributed by atoms with Gasteiger partial charge in [-0.05, 0) is 12.8 Å². The van der Waals surface area contributed by atoms with Gasteiger partial charge >= 0.3 is 6.18 Å². The highest BCUT2D eigenvalue weighted by Crippen LogP contribution is 2.21. The van der Waals surface area contributed by atoms with Gasteiger partial charge in [-0.1, -0.05) is 6.92 Å². The van der Waals surface area contributed by atoms with E-state index in [1.165, 1.54) is 0 Å². The lowest BCUT2D eigenvalue weighted by atomic mass is 10.1. The third-order valence-corrected chi connectivity index (χ3v) is 3.70. The Bertz CT molecular complexity index is 368. The molecule has 0 aliphatic rings. The lowest BCUT2D eigenvalue weighted by Gasteiger charge is -2.16. The number of halogens is 3. The molecule has 0 aromatic heterocycles. The fraction of sp³-hybridized carbons (Fsp3) is 0.889. The van der Waals surface area contributed by atoms with Gasteiger partial charge in [0, 0.05) is 18.9 Å². The van der Waals surface area contributed by atoms with Crippen molar-refractivity contribution in [3.05, 3.63) is 0 Å². The summed E-state index contributed by atoms with van der Waals surface area (Å²) in [6, 6.07) is -0.543. The lowest BCUT2D eigenvalue weighted by molar-refractivity contribution is -0.134. The molecule has 108 valence electrons. The molecule has 0 aromatic rings. The molecule has 0 aromatic carbocycles. The van der Waals surface area contributed by atoms with Crippen LogP contribution in [0.4, 0.5) is 13.2 Å². The first-order valence-electron chi connectivity index (χ1n) is 5.45. The molecule has 18 heavy (non-hydrogen) atoms. The normalized spacial score (nSPS) is 14.4. The van der Waals surface area contributed by atoms with Crippen molar-refractivity contribution in [2.24, 2.45) is 5.73 Å². The summed E-state index contributed by atoms with van der Waals surface area (Å²) in [6.07, 6.45) is -5.49. The molecule has 1 atom stereocenters. The molecule has 9 heteroatoms. The maximum Gasteiger partial charge on any atom is 0.389 e. The van der Waals surface area contributed by atoms with Crippen LogP contribution in [0.2, 0.25) is 0 Å². The second-order valence-electron chi connectivity index (χ2n) is 3.99.